The molecule has 0 aliphatic heterocycles. The van der Waals surface area contributed by atoms with Crippen molar-refractivity contribution in [3.05, 3.63) is 60.2 Å². The number of aromatic nitrogens is 2. The molecule has 0 saturated carbocycles. The summed E-state index contributed by atoms with van der Waals surface area (Å²) in [4.78, 5) is 8.33. The third-order valence-electron chi connectivity index (χ3n) is 2.10. The number of hydrogen-bond donors (Lipinski definition) is 2. The third-order valence-corrected chi connectivity index (χ3v) is 2.10. The Kier molecular flexibility index (Phi) is 3.02. The first kappa shape index (κ1) is 9.76. The van der Waals surface area contributed by atoms with Crippen LogP contribution in [0.15, 0.2) is 48.8 Å². The largest absolute Gasteiger partial charge is 0.316 e. The topological polar surface area (TPSA) is 58.0 Å². The zero-order valence-electron chi connectivity index (χ0n) is 8.04. The molecule has 4 nitrogen and oxygen atoms in total. The number of nitrogens with zero attached hydrogens (tertiary/aromatic N) is 2. The van der Waals surface area contributed by atoms with E-state index in [0.717, 1.165) is 11.4 Å². The molecule has 0 aliphatic rings. The van der Waals surface area contributed by atoms with Gasteiger partial charge in [0.2, 0.25) is 0 Å². The van der Waals surface area contributed by atoms with Gasteiger partial charge in [-0.15, -0.1) is 0 Å². The zero-order valence-corrected chi connectivity index (χ0v) is 8.04. The second-order valence-electron chi connectivity index (χ2n) is 3.07. The summed E-state index contributed by atoms with van der Waals surface area (Å²) in [7, 11) is 0. The molecule has 0 spiro atoms. The van der Waals surface area contributed by atoms with Crippen LogP contribution in [-0.2, 0) is 0 Å². The molecule has 0 aliphatic carbocycles. The van der Waals surface area contributed by atoms with Crippen LogP contribution in [0.2, 0.25) is 0 Å². The van der Waals surface area contributed by atoms with Gasteiger partial charge in [-0.3, -0.25) is 9.97 Å². The maximum atomic E-state index is 9.10. The molecule has 76 valence electrons. The number of pyridine rings is 2. The van der Waals surface area contributed by atoms with E-state index in [1.165, 1.54) is 0 Å². The molecule has 0 radical (unpaired) electrons. The summed E-state index contributed by atoms with van der Waals surface area (Å²) < 4.78 is 0. The van der Waals surface area contributed by atoms with E-state index in [4.69, 9.17) is 5.21 Å². The highest BCUT2D eigenvalue weighted by Crippen LogP contribution is 2.16. The van der Waals surface area contributed by atoms with Gasteiger partial charge in [-0.1, -0.05) is 12.1 Å². The molecular formula is C11H11N3O. The summed E-state index contributed by atoms with van der Waals surface area (Å²) in [5.74, 6) is 0. The molecule has 2 N–H and O–H groups in total. The number of hydrogen-bond acceptors (Lipinski definition) is 4. The first-order valence-corrected chi connectivity index (χ1v) is 4.63. The minimum Gasteiger partial charge on any atom is -0.316 e. The van der Waals surface area contributed by atoms with E-state index in [9.17, 15) is 0 Å². The maximum absolute atomic E-state index is 9.10. The summed E-state index contributed by atoms with van der Waals surface area (Å²) in [6.45, 7) is 0. The van der Waals surface area contributed by atoms with Gasteiger partial charge in [0.25, 0.3) is 0 Å². The minimum absolute atomic E-state index is 0.382. The molecule has 0 bridgehead atoms. The lowest BCUT2D eigenvalue weighted by molar-refractivity contribution is 0.138. The maximum Gasteiger partial charge on any atom is 0.116 e. The number of nitrogens with one attached hydrogen (secondary N) is 1. The molecule has 2 rings (SSSR count). The smallest absolute Gasteiger partial charge is 0.116 e. The molecule has 0 saturated heterocycles. The van der Waals surface area contributed by atoms with Gasteiger partial charge in [-0.2, -0.15) is 5.48 Å². The van der Waals surface area contributed by atoms with Crippen molar-refractivity contribution in [2.24, 2.45) is 0 Å². The molecule has 0 amide bonds. The SMILES string of the molecule is ONC(c1ccccn1)c1ccccn1. The van der Waals surface area contributed by atoms with Crippen molar-refractivity contribution in [2.45, 2.75) is 6.04 Å². The van der Waals surface area contributed by atoms with Gasteiger partial charge in [0.15, 0.2) is 0 Å². The van der Waals surface area contributed by atoms with Crippen LogP contribution in [0.3, 0.4) is 0 Å². The van der Waals surface area contributed by atoms with Crippen molar-refractivity contribution >= 4 is 0 Å². The molecule has 2 heterocycles. The second-order valence-corrected chi connectivity index (χ2v) is 3.07. The van der Waals surface area contributed by atoms with E-state index in [2.05, 4.69) is 15.4 Å². The van der Waals surface area contributed by atoms with Crippen LogP contribution in [0.4, 0.5) is 0 Å². The van der Waals surface area contributed by atoms with Crippen molar-refractivity contribution in [1.29, 1.82) is 0 Å². The van der Waals surface area contributed by atoms with Crippen LogP contribution in [0.25, 0.3) is 0 Å². The van der Waals surface area contributed by atoms with Crippen molar-refractivity contribution in [3.63, 3.8) is 0 Å². The monoisotopic (exact) mass is 201 g/mol. The standard InChI is InChI=1S/C11H11N3O/c15-14-11(9-5-1-3-7-12-9)10-6-2-4-8-13-10/h1-8,11,14-15H. The second kappa shape index (κ2) is 4.63. The van der Waals surface area contributed by atoms with Crippen molar-refractivity contribution in [2.75, 3.05) is 0 Å². The summed E-state index contributed by atoms with van der Waals surface area (Å²) in [6.07, 6.45) is 3.37. The lowest BCUT2D eigenvalue weighted by Crippen LogP contribution is -2.20. The van der Waals surface area contributed by atoms with E-state index >= 15 is 0 Å². The highest BCUT2D eigenvalue weighted by atomic mass is 16.5. The van der Waals surface area contributed by atoms with Crippen LogP contribution in [0, 0.1) is 0 Å². The molecule has 0 atom stereocenters. The van der Waals surface area contributed by atoms with E-state index in [0.29, 0.717) is 0 Å². The minimum atomic E-state index is -0.382. The quantitative estimate of drug-likeness (QED) is 0.739. The predicted molar refractivity (Wildman–Crippen MR) is 55.2 cm³/mol. The number of hydroxylamine groups is 1. The van der Waals surface area contributed by atoms with E-state index in [1.54, 1.807) is 12.4 Å². The Morgan fingerprint density at radius 1 is 0.933 bits per heavy atom. The van der Waals surface area contributed by atoms with Crippen molar-refractivity contribution in [1.82, 2.24) is 15.4 Å². The molecule has 0 aromatic carbocycles. The first-order valence-electron chi connectivity index (χ1n) is 4.63. The lowest BCUT2D eigenvalue weighted by atomic mass is 10.1. The average molecular weight is 201 g/mol. The Balaban J connectivity index is 2.34. The average Bonchev–Trinajstić information content (AvgIpc) is 2.33. The lowest BCUT2D eigenvalue weighted by Gasteiger charge is -2.13. The Hall–Kier alpha value is -1.78. The van der Waals surface area contributed by atoms with Gasteiger partial charge in [-0.25, -0.2) is 0 Å². The highest BCUT2D eigenvalue weighted by Gasteiger charge is 2.14. The Morgan fingerprint density at radius 2 is 1.47 bits per heavy atom. The van der Waals surface area contributed by atoms with Crippen LogP contribution >= 0.6 is 0 Å². The van der Waals surface area contributed by atoms with Crippen LogP contribution in [0.5, 0.6) is 0 Å². The summed E-state index contributed by atoms with van der Waals surface area (Å²) in [5.41, 5.74) is 3.68. The highest BCUT2D eigenvalue weighted by molar-refractivity contribution is 5.20. The molecular weight excluding hydrogens is 190 g/mol. The van der Waals surface area contributed by atoms with Gasteiger partial charge < -0.3 is 5.21 Å². The fraction of sp³-hybridized carbons (Fsp3) is 0.0909. The molecule has 2 aromatic heterocycles. The fourth-order valence-electron chi connectivity index (χ4n) is 1.38. The summed E-state index contributed by atoms with van der Waals surface area (Å²) in [6, 6.07) is 10.7. The molecule has 4 heteroatoms. The molecule has 15 heavy (non-hydrogen) atoms. The van der Waals surface area contributed by atoms with Gasteiger partial charge in [0, 0.05) is 12.4 Å². The van der Waals surface area contributed by atoms with Crippen molar-refractivity contribution < 1.29 is 5.21 Å². The van der Waals surface area contributed by atoms with E-state index in [1.807, 2.05) is 36.4 Å². The molecule has 2 aromatic rings. The number of rotatable bonds is 3. The summed E-state index contributed by atoms with van der Waals surface area (Å²) in [5, 5.41) is 9.10. The van der Waals surface area contributed by atoms with Crippen molar-refractivity contribution in [3.8, 4) is 0 Å². The van der Waals surface area contributed by atoms with E-state index in [-0.39, 0.29) is 6.04 Å². The third kappa shape index (κ3) is 2.18. The Bertz CT molecular complexity index is 365. The van der Waals surface area contributed by atoms with Gasteiger partial charge in [0.1, 0.15) is 6.04 Å². The normalized spacial score (nSPS) is 10.5. The zero-order chi connectivity index (χ0) is 10.5. The molecule has 0 unspecified atom stereocenters. The Morgan fingerprint density at radius 3 is 1.80 bits per heavy atom. The van der Waals surface area contributed by atoms with Crippen LogP contribution < -0.4 is 5.48 Å². The van der Waals surface area contributed by atoms with Gasteiger partial charge in [0.05, 0.1) is 11.4 Å². The fourth-order valence-corrected chi connectivity index (χ4v) is 1.38. The van der Waals surface area contributed by atoms with Crippen LogP contribution in [0.1, 0.15) is 17.4 Å². The molecule has 0 fully saturated rings. The van der Waals surface area contributed by atoms with Crippen LogP contribution in [-0.4, -0.2) is 15.2 Å². The predicted octanol–water partition coefficient (Wildman–Crippen LogP) is 1.54. The Labute approximate surface area is 87.6 Å². The summed E-state index contributed by atoms with van der Waals surface area (Å²) >= 11 is 0. The first-order chi connectivity index (χ1) is 7.42. The van der Waals surface area contributed by atoms with Gasteiger partial charge in [-0.05, 0) is 24.3 Å². The van der Waals surface area contributed by atoms with E-state index < -0.39 is 0 Å². The van der Waals surface area contributed by atoms with Gasteiger partial charge >= 0.3 is 0 Å².